The van der Waals surface area contributed by atoms with E-state index in [-0.39, 0.29) is 35.8 Å². The van der Waals surface area contributed by atoms with Gasteiger partial charge in [-0.05, 0) is 93.8 Å². The number of likely N-dealkylation sites (N-methyl/N-ethyl adjacent to an activating group) is 1. The van der Waals surface area contributed by atoms with Gasteiger partial charge in [-0.3, -0.25) is 0 Å². The number of likely N-dealkylation sites (tertiary alicyclic amines) is 1. The van der Waals surface area contributed by atoms with Crippen LogP contribution < -0.4 is 9.64 Å². The van der Waals surface area contributed by atoms with Crippen LogP contribution in [0.5, 0.6) is 5.75 Å². The first-order valence-electron chi connectivity index (χ1n) is 11.0. The summed E-state index contributed by atoms with van der Waals surface area (Å²) < 4.78 is 6.76. The lowest BCUT2D eigenvalue weighted by molar-refractivity contribution is -0.0787. The van der Waals surface area contributed by atoms with Crippen molar-refractivity contribution in [2.24, 2.45) is 23.7 Å². The standard InChI is InChI=1S/C23H34N2O.2ClH.2H2O/c1-24(10-11-25-8-4-5-9-25)21-6-2-3-7-22(21)26-23-19-13-17-12-18(15-19)16-20(23)14-17;;;;/h2-3,6-7,17-20,23H,4-5,8-16H2,1H3;2*1H;2*1H2. The van der Waals surface area contributed by atoms with E-state index >= 15 is 0 Å². The fraction of sp³-hybridized carbons (Fsp3) is 0.739. The molecule has 0 amide bonds. The van der Waals surface area contributed by atoms with Gasteiger partial charge in [0.05, 0.1) is 5.69 Å². The van der Waals surface area contributed by atoms with Crippen LogP contribution in [0, 0.1) is 23.7 Å². The molecule has 4 N–H and O–H groups in total. The monoisotopic (exact) mass is 462 g/mol. The molecule has 4 saturated carbocycles. The van der Waals surface area contributed by atoms with Crippen LogP contribution in [0.1, 0.15) is 44.9 Å². The van der Waals surface area contributed by atoms with E-state index in [1.165, 1.54) is 70.3 Å². The van der Waals surface area contributed by atoms with Crippen LogP contribution in [0.15, 0.2) is 24.3 Å². The van der Waals surface area contributed by atoms with E-state index < -0.39 is 0 Å². The van der Waals surface area contributed by atoms with Crippen LogP contribution in [-0.4, -0.2) is 55.2 Å². The molecule has 5 fully saturated rings. The van der Waals surface area contributed by atoms with Crippen LogP contribution in [0.3, 0.4) is 0 Å². The highest BCUT2D eigenvalue weighted by molar-refractivity contribution is 5.85. The number of benzene rings is 1. The van der Waals surface area contributed by atoms with Crippen LogP contribution in [-0.2, 0) is 0 Å². The van der Waals surface area contributed by atoms with Gasteiger partial charge < -0.3 is 25.5 Å². The zero-order valence-electron chi connectivity index (χ0n) is 18.1. The predicted molar refractivity (Wildman–Crippen MR) is 129 cm³/mol. The first-order chi connectivity index (χ1) is 12.8. The van der Waals surface area contributed by atoms with Crippen molar-refractivity contribution in [2.75, 3.05) is 38.1 Å². The minimum Gasteiger partial charge on any atom is -0.488 e. The molecule has 4 bridgehead atoms. The lowest BCUT2D eigenvalue weighted by Gasteiger charge is -2.53. The Morgan fingerprint density at radius 3 is 2.07 bits per heavy atom. The smallest absolute Gasteiger partial charge is 0.143 e. The molecule has 6 rings (SSSR count). The molecule has 0 spiro atoms. The zero-order valence-corrected chi connectivity index (χ0v) is 19.7. The molecule has 1 aliphatic heterocycles. The summed E-state index contributed by atoms with van der Waals surface area (Å²) in [6.45, 7) is 4.81. The summed E-state index contributed by atoms with van der Waals surface area (Å²) in [6.07, 6.45) is 10.4. The van der Waals surface area contributed by atoms with Crippen LogP contribution >= 0.6 is 24.8 Å². The molecule has 0 aromatic heterocycles. The summed E-state index contributed by atoms with van der Waals surface area (Å²) >= 11 is 0. The Morgan fingerprint density at radius 1 is 0.900 bits per heavy atom. The Bertz CT molecular complexity index is 615. The van der Waals surface area contributed by atoms with Crippen molar-refractivity contribution in [3.8, 4) is 5.75 Å². The molecule has 30 heavy (non-hydrogen) atoms. The fourth-order valence-corrected chi connectivity index (χ4v) is 6.50. The van der Waals surface area contributed by atoms with Gasteiger partial charge in [-0.2, -0.15) is 0 Å². The van der Waals surface area contributed by atoms with Crippen LogP contribution in [0.4, 0.5) is 5.69 Å². The molecule has 1 heterocycles. The summed E-state index contributed by atoms with van der Waals surface area (Å²) in [5.74, 6) is 4.77. The van der Waals surface area contributed by atoms with Gasteiger partial charge >= 0.3 is 0 Å². The number of ether oxygens (including phenoxy) is 1. The molecule has 4 aliphatic carbocycles. The average Bonchev–Trinajstić information content (AvgIpc) is 3.16. The number of para-hydroxylation sites is 2. The molecule has 1 aromatic rings. The SMILES string of the molecule is CN(CCN1CCCC1)c1ccccc1OC1C2CC3CC(C2)CC1C3.Cl.Cl.O.O. The third-order valence-electron chi connectivity index (χ3n) is 7.63. The van der Waals surface area contributed by atoms with Crippen LogP contribution in [0.25, 0.3) is 0 Å². The Hall–Kier alpha value is -0.720. The van der Waals surface area contributed by atoms with Crippen molar-refractivity contribution < 1.29 is 15.7 Å². The van der Waals surface area contributed by atoms with E-state index in [0.29, 0.717) is 6.10 Å². The average molecular weight is 463 g/mol. The fourth-order valence-electron chi connectivity index (χ4n) is 6.50. The molecule has 0 unspecified atom stereocenters. The van der Waals surface area contributed by atoms with Gasteiger partial charge in [0.1, 0.15) is 11.9 Å². The van der Waals surface area contributed by atoms with Gasteiger partial charge in [0.25, 0.3) is 0 Å². The Balaban J connectivity index is 0.00000112. The Kier molecular flexibility index (Phi) is 10.7. The van der Waals surface area contributed by atoms with E-state index in [2.05, 4.69) is 41.1 Å². The second kappa shape index (κ2) is 11.8. The highest BCUT2D eigenvalue weighted by Gasteiger charge is 2.49. The topological polar surface area (TPSA) is 78.7 Å². The number of hydrogen-bond donors (Lipinski definition) is 0. The maximum Gasteiger partial charge on any atom is 0.143 e. The molecule has 1 aromatic carbocycles. The van der Waals surface area contributed by atoms with E-state index in [1.54, 1.807) is 0 Å². The summed E-state index contributed by atoms with van der Waals surface area (Å²) in [7, 11) is 2.23. The van der Waals surface area contributed by atoms with Gasteiger partial charge in [-0.1, -0.05) is 12.1 Å². The number of halogens is 2. The molecule has 0 radical (unpaired) electrons. The molecular weight excluding hydrogens is 423 g/mol. The second-order valence-electron chi connectivity index (χ2n) is 9.45. The molecular formula is C23H40Cl2N2O3. The van der Waals surface area contributed by atoms with Gasteiger partial charge in [-0.15, -0.1) is 24.8 Å². The van der Waals surface area contributed by atoms with Crippen LogP contribution in [0.2, 0.25) is 0 Å². The quantitative estimate of drug-likeness (QED) is 0.647. The van der Waals surface area contributed by atoms with E-state index in [4.69, 9.17) is 4.74 Å². The number of anilines is 1. The van der Waals surface area contributed by atoms with Gasteiger partial charge in [0.2, 0.25) is 0 Å². The van der Waals surface area contributed by atoms with Crippen molar-refractivity contribution in [2.45, 2.75) is 51.0 Å². The minimum atomic E-state index is 0. The van der Waals surface area contributed by atoms with E-state index in [9.17, 15) is 0 Å². The molecule has 1 saturated heterocycles. The maximum absolute atomic E-state index is 6.76. The third kappa shape index (κ3) is 5.55. The van der Waals surface area contributed by atoms with E-state index in [0.717, 1.165) is 36.0 Å². The maximum atomic E-state index is 6.76. The lowest BCUT2D eigenvalue weighted by atomic mass is 9.55. The first-order valence-corrected chi connectivity index (χ1v) is 11.0. The number of rotatable bonds is 6. The molecule has 5 nitrogen and oxygen atoms in total. The predicted octanol–water partition coefficient (Wildman–Crippen LogP) is 3.62. The summed E-state index contributed by atoms with van der Waals surface area (Å²) in [4.78, 5) is 5.00. The largest absolute Gasteiger partial charge is 0.488 e. The van der Waals surface area contributed by atoms with Gasteiger partial charge in [0, 0.05) is 20.1 Å². The van der Waals surface area contributed by atoms with Crippen molar-refractivity contribution in [1.82, 2.24) is 4.90 Å². The summed E-state index contributed by atoms with van der Waals surface area (Å²) in [5, 5.41) is 0. The molecule has 0 atom stereocenters. The Labute approximate surface area is 194 Å². The molecule has 7 heteroatoms. The third-order valence-corrected chi connectivity index (χ3v) is 7.63. The van der Waals surface area contributed by atoms with Crippen molar-refractivity contribution in [3.05, 3.63) is 24.3 Å². The summed E-state index contributed by atoms with van der Waals surface area (Å²) in [5.41, 5.74) is 1.28. The normalized spacial score (nSPS) is 31.0. The zero-order chi connectivity index (χ0) is 17.5. The number of hydrogen-bond acceptors (Lipinski definition) is 3. The number of nitrogens with zero attached hydrogens (tertiary/aromatic N) is 2. The molecule has 5 aliphatic rings. The molecule has 174 valence electrons. The van der Waals surface area contributed by atoms with Crippen molar-refractivity contribution >= 4 is 30.5 Å². The highest BCUT2D eigenvalue weighted by atomic mass is 35.5. The Morgan fingerprint density at radius 2 is 1.47 bits per heavy atom. The highest BCUT2D eigenvalue weighted by Crippen LogP contribution is 2.55. The van der Waals surface area contributed by atoms with Crippen molar-refractivity contribution in [1.29, 1.82) is 0 Å². The van der Waals surface area contributed by atoms with Gasteiger partial charge in [0.15, 0.2) is 0 Å². The first kappa shape index (κ1) is 27.3. The lowest BCUT2D eigenvalue weighted by Crippen LogP contribution is -2.50. The van der Waals surface area contributed by atoms with Gasteiger partial charge in [-0.25, -0.2) is 0 Å². The van der Waals surface area contributed by atoms with E-state index in [1.807, 2.05) is 0 Å². The minimum absolute atomic E-state index is 0. The second-order valence-corrected chi connectivity index (χ2v) is 9.45. The van der Waals surface area contributed by atoms with Crippen molar-refractivity contribution in [3.63, 3.8) is 0 Å². The summed E-state index contributed by atoms with van der Waals surface area (Å²) in [6, 6.07) is 8.75.